The summed E-state index contributed by atoms with van der Waals surface area (Å²) in [6.07, 6.45) is -0.677. The summed E-state index contributed by atoms with van der Waals surface area (Å²) in [5, 5.41) is 20.4. The van der Waals surface area contributed by atoms with Crippen LogP contribution in [0.15, 0.2) is 47.6 Å². The monoisotopic (exact) mass is 425 g/mol. The zero-order valence-corrected chi connectivity index (χ0v) is 16.4. The number of hydrogen-bond acceptors (Lipinski definition) is 6. The lowest BCUT2D eigenvalue weighted by molar-refractivity contribution is 0.126. The molecule has 4 rings (SSSR count). The quantitative estimate of drug-likeness (QED) is 0.450. The van der Waals surface area contributed by atoms with E-state index in [-0.39, 0.29) is 6.61 Å². The number of hydrogen-bond donors (Lipinski definition) is 1. The van der Waals surface area contributed by atoms with Crippen LogP contribution in [0.25, 0.3) is 15.2 Å². The minimum absolute atomic E-state index is 0.126. The van der Waals surface area contributed by atoms with Crippen LogP contribution in [0.3, 0.4) is 0 Å². The average Bonchev–Trinajstić information content (AvgIpc) is 3.18. The van der Waals surface area contributed by atoms with Crippen molar-refractivity contribution < 1.29 is 9.84 Å². The predicted molar refractivity (Wildman–Crippen MR) is 107 cm³/mol. The van der Waals surface area contributed by atoms with E-state index in [1.807, 2.05) is 22.6 Å². The van der Waals surface area contributed by atoms with Crippen LogP contribution in [0.2, 0.25) is 10.0 Å². The maximum Gasteiger partial charge on any atom is 0.217 e. The average molecular weight is 426 g/mol. The van der Waals surface area contributed by atoms with Crippen LogP contribution in [0.1, 0.15) is 0 Å². The molecule has 2 aromatic carbocycles. The first-order chi connectivity index (χ1) is 12.6. The van der Waals surface area contributed by atoms with Crippen molar-refractivity contribution in [1.82, 2.24) is 14.6 Å². The van der Waals surface area contributed by atoms with Crippen LogP contribution in [-0.2, 0) is 0 Å². The lowest BCUT2D eigenvalue weighted by atomic mass is 10.3. The van der Waals surface area contributed by atoms with Crippen molar-refractivity contribution >= 4 is 61.5 Å². The Balaban J connectivity index is 1.41. The number of benzene rings is 2. The van der Waals surface area contributed by atoms with E-state index < -0.39 is 6.10 Å². The van der Waals surface area contributed by atoms with E-state index in [1.54, 1.807) is 29.5 Å². The molecule has 4 aromatic rings. The molecule has 0 fully saturated rings. The van der Waals surface area contributed by atoms with Crippen LogP contribution in [-0.4, -0.2) is 38.2 Å². The van der Waals surface area contributed by atoms with Crippen LogP contribution < -0.4 is 4.74 Å². The number of thioether (sulfide) groups is 1. The second-order valence-corrected chi connectivity index (χ2v) is 8.36. The van der Waals surface area contributed by atoms with Crippen molar-refractivity contribution in [2.24, 2.45) is 0 Å². The number of ether oxygens (including phenoxy) is 1. The van der Waals surface area contributed by atoms with Crippen molar-refractivity contribution in [3.05, 3.63) is 52.5 Å². The number of fused-ring (bicyclic) bond motifs is 3. The normalized spacial score (nSPS) is 12.7. The molecule has 0 aliphatic rings. The van der Waals surface area contributed by atoms with E-state index in [0.29, 0.717) is 21.5 Å². The molecule has 134 valence electrons. The standard InChI is InChI=1S/C17H13Cl2N3O2S2/c18-10-5-6-14(12(19)7-10)24-8-11(23)9-25-16-20-21-17-22(16)13-3-1-2-4-15(13)26-17/h1-7,11,23H,8-9H2. The first-order valence-electron chi connectivity index (χ1n) is 7.73. The Morgan fingerprint density at radius 3 is 2.88 bits per heavy atom. The van der Waals surface area contributed by atoms with Crippen LogP contribution >= 0.6 is 46.3 Å². The molecule has 0 spiro atoms. The number of para-hydroxylation sites is 1. The molecule has 0 bridgehead atoms. The predicted octanol–water partition coefficient (Wildman–Crippen LogP) is 4.78. The number of thiazole rings is 1. The van der Waals surface area contributed by atoms with Gasteiger partial charge in [0, 0.05) is 10.8 Å². The molecule has 1 unspecified atom stereocenters. The molecule has 1 atom stereocenters. The molecule has 26 heavy (non-hydrogen) atoms. The molecular formula is C17H13Cl2N3O2S2. The number of nitrogens with zero attached hydrogens (tertiary/aromatic N) is 3. The topological polar surface area (TPSA) is 59.7 Å². The van der Waals surface area contributed by atoms with Gasteiger partial charge in [-0.2, -0.15) is 0 Å². The lowest BCUT2D eigenvalue weighted by Gasteiger charge is -2.12. The minimum atomic E-state index is -0.677. The van der Waals surface area contributed by atoms with Gasteiger partial charge in [-0.15, -0.1) is 10.2 Å². The van der Waals surface area contributed by atoms with Crippen molar-refractivity contribution in [3.63, 3.8) is 0 Å². The first kappa shape index (κ1) is 17.9. The van der Waals surface area contributed by atoms with E-state index in [0.717, 1.165) is 20.3 Å². The number of rotatable bonds is 6. The molecule has 0 amide bonds. The van der Waals surface area contributed by atoms with Gasteiger partial charge in [0.1, 0.15) is 12.4 Å². The second kappa shape index (κ2) is 7.62. The highest BCUT2D eigenvalue weighted by Gasteiger charge is 2.15. The Morgan fingerprint density at radius 2 is 2.04 bits per heavy atom. The summed E-state index contributed by atoms with van der Waals surface area (Å²) >= 11 is 15.0. The summed E-state index contributed by atoms with van der Waals surface area (Å²) in [6.45, 7) is 0.126. The minimum Gasteiger partial charge on any atom is -0.489 e. The van der Waals surface area contributed by atoms with Gasteiger partial charge >= 0.3 is 0 Å². The largest absolute Gasteiger partial charge is 0.489 e. The third-order valence-corrected chi connectivity index (χ3v) is 6.26. The zero-order chi connectivity index (χ0) is 18.1. The number of aromatic nitrogens is 3. The molecule has 2 heterocycles. The summed E-state index contributed by atoms with van der Waals surface area (Å²) in [5.74, 6) is 0.921. The van der Waals surface area contributed by atoms with Gasteiger partial charge in [-0.3, -0.25) is 4.40 Å². The molecule has 0 saturated heterocycles. The molecule has 0 aliphatic carbocycles. The Morgan fingerprint density at radius 1 is 1.19 bits per heavy atom. The Hall–Kier alpha value is -1.51. The molecule has 9 heteroatoms. The van der Waals surface area contributed by atoms with E-state index in [1.165, 1.54) is 11.8 Å². The third kappa shape index (κ3) is 3.63. The maximum atomic E-state index is 10.2. The Labute approximate surface area is 167 Å². The summed E-state index contributed by atoms with van der Waals surface area (Å²) in [6, 6.07) is 13.1. The fourth-order valence-corrected chi connectivity index (χ4v) is 4.78. The smallest absolute Gasteiger partial charge is 0.217 e. The van der Waals surface area contributed by atoms with Crippen LogP contribution in [0.5, 0.6) is 5.75 Å². The molecule has 0 radical (unpaired) electrons. The number of aliphatic hydroxyl groups excluding tert-OH is 1. The van der Waals surface area contributed by atoms with Gasteiger partial charge in [-0.1, -0.05) is 58.4 Å². The fraction of sp³-hybridized carbons (Fsp3) is 0.176. The highest BCUT2D eigenvalue weighted by atomic mass is 35.5. The molecule has 0 saturated carbocycles. The van der Waals surface area contributed by atoms with E-state index in [2.05, 4.69) is 16.3 Å². The molecular weight excluding hydrogens is 413 g/mol. The van der Waals surface area contributed by atoms with Crippen LogP contribution in [0, 0.1) is 0 Å². The first-order valence-corrected chi connectivity index (χ1v) is 10.3. The third-order valence-electron chi connectivity index (χ3n) is 3.64. The fourth-order valence-electron chi connectivity index (χ4n) is 2.45. The second-order valence-electron chi connectivity index (χ2n) is 5.52. The summed E-state index contributed by atoms with van der Waals surface area (Å²) < 4.78 is 8.73. The molecule has 2 aromatic heterocycles. The number of halogens is 2. The van der Waals surface area contributed by atoms with Gasteiger partial charge in [0.05, 0.1) is 21.3 Å². The van der Waals surface area contributed by atoms with Gasteiger partial charge in [0.25, 0.3) is 0 Å². The molecule has 1 N–H and O–H groups in total. The van der Waals surface area contributed by atoms with Crippen molar-refractivity contribution in [2.75, 3.05) is 12.4 Å². The van der Waals surface area contributed by atoms with Crippen molar-refractivity contribution in [1.29, 1.82) is 0 Å². The summed E-state index contributed by atoms with van der Waals surface area (Å²) in [5.41, 5.74) is 1.07. The van der Waals surface area contributed by atoms with Crippen molar-refractivity contribution in [2.45, 2.75) is 11.3 Å². The summed E-state index contributed by atoms with van der Waals surface area (Å²) in [4.78, 5) is 0.840. The highest BCUT2D eigenvalue weighted by Crippen LogP contribution is 2.30. The van der Waals surface area contributed by atoms with E-state index in [4.69, 9.17) is 27.9 Å². The molecule has 5 nitrogen and oxygen atoms in total. The van der Waals surface area contributed by atoms with E-state index in [9.17, 15) is 5.11 Å². The molecule has 0 aliphatic heterocycles. The summed E-state index contributed by atoms with van der Waals surface area (Å²) in [7, 11) is 0. The van der Waals surface area contributed by atoms with Gasteiger partial charge in [-0.25, -0.2) is 0 Å². The van der Waals surface area contributed by atoms with Gasteiger partial charge < -0.3 is 9.84 Å². The van der Waals surface area contributed by atoms with E-state index >= 15 is 0 Å². The highest BCUT2D eigenvalue weighted by molar-refractivity contribution is 7.99. The van der Waals surface area contributed by atoms with Crippen molar-refractivity contribution in [3.8, 4) is 5.75 Å². The zero-order valence-electron chi connectivity index (χ0n) is 13.3. The van der Waals surface area contributed by atoms with Gasteiger partial charge in [0.2, 0.25) is 4.96 Å². The Bertz CT molecular complexity index is 1070. The Kier molecular flexibility index (Phi) is 5.24. The maximum absolute atomic E-state index is 10.2. The van der Waals surface area contributed by atoms with Gasteiger partial charge in [0.15, 0.2) is 5.16 Å². The SMILES string of the molecule is OC(COc1ccc(Cl)cc1Cl)CSc1nnc2sc3ccccc3n12. The lowest BCUT2D eigenvalue weighted by Crippen LogP contribution is -2.20. The van der Waals surface area contributed by atoms with Gasteiger partial charge in [-0.05, 0) is 30.3 Å². The number of aliphatic hydroxyl groups is 1. The van der Waals surface area contributed by atoms with Crippen LogP contribution in [0.4, 0.5) is 0 Å².